The van der Waals surface area contributed by atoms with Gasteiger partial charge in [-0.05, 0) is 6.08 Å². The molecule has 0 radical (unpaired) electrons. The minimum absolute atomic E-state index is 0.0573. The molecule has 0 aromatic carbocycles. The van der Waals surface area contributed by atoms with E-state index in [-0.39, 0.29) is 11.3 Å². The summed E-state index contributed by atoms with van der Waals surface area (Å²) < 4.78 is 5.02. The molecule has 0 atom stereocenters. The Balaban J connectivity index is 2.39. The van der Waals surface area contributed by atoms with Gasteiger partial charge >= 0.3 is 0 Å². The van der Waals surface area contributed by atoms with E-state index in [0.29, 0.717) is 0 Å². The van der Waals surface area contributed by atoms with Crippen LogP contribution in [0.25, 0.3) is 0 Å². The standard InChI is InChI=1S/C8H13NO2/c1-8(5-11-6-8)4-3-7(10)9-2/h3-4H,5-6H2,1-2H3,(H,9,10). The maximum Gasteiger partial charge on any atom is 0.243 e. The van der Waals surface area contributed by atoms with Crippen LogP contribution in [-0.4, -0.2) is 26.2 Å². The summed E-state index contributed by atoms with van der Waals surface area (Å²) in [7, 11) is 1.62. The summed E-state index contributed by atoms with van der Waals surface area (Å²) >= 11 is 0. The quantitative estimate of drug-likeness (QED) is 0.583. The van der Waals surface area contributed by atoms with E-state index < -0.39 is 0 Å². The highest BCUT2D eigenvalue weighted by molar-refractivity contribution is 5.87. The summed E-state index contributed by atoms with van der Waals surface area (Å²) in [6, 6.07) is 0. The van der Waals surface area contributed by atoms with Crippen LogP contribution in [0.3, 0.4) is 0 Å². The number of carbonyl (C=O) groups excluding carboxylic acids is 1. The molecule has 0 spiro atoms. The Labute approximate surface area is 66.4 Å². The number of amides is 1. The van der Waals surface area contributed by atoms with Crippen molar-refractivity contribution in [3.63, 3.8) is 0 Å². The molecule has 3 nitrogen and oxygen atoms in total. The fraction of sp³-hybridized carbons (Fsp3) is 0.625. The first-order valence-corrected chi connectivity index (χ1v) is 3.65. The Kier molecular flexibility index (Phi) is 2.29. The predicted molar refractivity (Wildman–Crippen MR) is 42.1 cm³/mol. The summed E-state index contributed by atoms with van der Waals surface area (Å²) in [5.41, 5.74) is 0.0898. The van der Waals surface area contributed by atoms with Crippen LogP contribution in [0.4, 0.5) is 0 Å². The molecule has 0 saturated carbocycles. The second kappa shape index (κ2) is 3.05. The summed E-state index contributed by atoms with van der Waals surface area (Å²) in [4.78, 5) is 10.8. The largest absolute Gasteiger partial charge is 0.379 e. The van der Waals surface area contributed by atoms with Crippen LogP contribution in [0.15, 0.2) is 12.2 Å². The summed E-state index contributed by atoms with van der Waals surface area (Å²) in [5.74, 6) is -0.0573. The normalized spacial score (nSPS) is 21.3. The van der Waals surface area contributed by atoms with Crippen molar-refractivity contribution in [2.45, 2.75) is 6.92 Å². The monoisotopic (exact) mass is 155 g/mol. The Bertz CT molecular complexity index is 183. The maximum absolute atomic E-state index is 10.8. The van der Waals surface area contributed by atoms with Gasteiger partial charge in [0, 0.05) is 12.5 Å². The van der Waals surface area contributed by atoms with E-state index in [2.05, 4.69) is 12.2 Å². The zero-order valence-corrected chi connectivity index (χ0v) is 6.89. The molecular formula is C8H13NO2. The van der Waals surface area contributed by atoms with Gasteiger partial charge < -0.3 is 10.1 Å². The molecule has 1 aliphatic heterocycles. The number of ether oxygens (including phenoxy) is 1. The lowest BCUT2D eigenvalue weighted by Gasteiger charge is -2.34. The van der Waals surface area contributed by atoms with Gasteiger partial charge in [-0.3, -0.25) is 4.79 Å². The number of hydrogen-bond acceptors (Lipinski definition) is 2. The Hall–Kier alpha value is -0.830. The minimum Gasteiger partial charge on any atom is -0.379 e. The average molecular weight is 155 g/mol. The van der Waals surface area contributed by atoms with E-state index in [1.807, 2.05) is 6.08 Å². The Morgan fingerprint density at radius 1 is 1.64 bits per heavy atom. The zero-order valence-electron chi connectivity index (χ0n) is 6.89. The average Bonchev–Trinajstić information content (AvgIpc) is 1.96. The van der Waals surface area contributed by atoms with Gasteiger partial charge in [0.05, 0.1) is 13.2 Å². The van der Waals surface area contributed by atoms with Crippen LogP contribution in [0.5, 0.6) is 0 Å². The highest BCUT2D eigenvalue weighted by Crippen LogP contribution is 2.27. The Morgan fingerprint density at radius 2 is 2.27 bits per heavy atom. The molecule has 1 rings (SSSR count). The van der Waals surface area contributed by atoms with Gasteiger partial charge in [-0.25, -0.2) is 0 Å². The van der Waals surface area contributed by atoms with Crippen molar-refractivity contribution in [2.75, 3.05) is 20.3 Å². The maximum atomic E-state index is 10.8. The van der Waals surface area contributed by atoms with Gasteiger partial charge in [0.1, 0.15) is 0 Å². The molecular weight excluding hydrogens is 142 g/mol. The van der Waals surface area contributed by atoms with Gasteiger partial charge in [0.2, 0.25) is 5.91 Å². The van der Waals surface area contributed by atoms with E-state index in [9.17, 15) is 4.79 Å². The van der Waals surface area contributed by atoms with E-state index >= 15 is 0 Å². The van der Waals surface area contributed by atoms with Crippen LogP contribution in [0, 0.1) is 5.41 Å². The first kappa shape index (κ1) is 8.27. The van der Waals surface area contributed by atoms with Crippen LogP contribution in [0.2, 0.25) is 0 Å². The van der Waals surface area contributed by atoms with Crippen LogP contribution in [0.1, 0.15) is 6.92 Å². The number of nitrogens with one attached hydrogen (secondary N) is 1. The fourth-order valence-corrected chi connectivity index (χ4v) is 0.880. The number of likely N-dealkylation sites (N-methyl/N-ethyl adjacent to an activating group) is 1. The molecule has 0 aliphatic carbocycles. The predicted octanol–water partition coefficient (Wildman–Crippen LogP) is 0.325. The third-order valence-electron chi connectivity index (χ3n) is 1.75. The van der Waals surface area contributed by atoms with E-state index in [0.717, 1.165) is 13.2 Å². The molecule has 1 heterocycles. The molecule has 0 bridgehead atoms. The zero-order chi connectivity index (χ0) is 8.32. The van der Waals surface area contributed by atoms with Crippen LogP contribution >= 0.6 is 0 Å². The third-order valence-corrected chi connectivity index (χ3v) is 1.75. The first-order valence-electron chi connectivity index (χ1n) is 3.65. The first-order chi connectivity index (χ1) is 5.16. The third kappa shape index (κ3) is 2.05. The number of rotatable bonds is 2. The highest BCUT2D eigenvalue weighted by Gasteiger charge is 2.30. The van der Waals surface area contributed by atoms with Crippen molar-refractivity contribution in [3.05, 3.63) is 12.2 Å². The molecule has 1 fully saturated rings. The number of hydrogen-bond donors (Lipinski definition) is 1. The van der Waals surface area contributed by atoms with Crippen molar-refractivity contribution in [1.82, 2.24) is 5.32 Å². The van der Waals surface area contributed by atoms with Crippen molar-refractivity contribution in [3.8, 4) is 0 Å². The molecule has 1 amide bonds. The van der Waals surface area contributed by atoms with Gasteiger partial charge in [-0.2, -0.15) is 0 Å². The summed E-state index contributed by atoms with van der Waals surface area (Å²) in [6.07, 6.45) is 3.46. The molecule has 62 valence electrons. The molecule has 1 saturated heterocycles. The van der Waals surface area contributed by atoms with Gasteiger partial charge in [0.25, 0.3) is 0 Å². The minimum atomic E-state index is -0.0573. The lowest BCUT2D eigenvalue weighted by atomic mass is 9.88. The van der Waals surface area contributed by atoms with Crippen LogP contribution < -0.4 is 5.32 Å². The van der Waals surface area contributed by atoms with Crippen molar-refractivity contribution < 1.29 is 9.53 Å². The van der Waals surface area contributed by atoms with E-state index in [4.69, 9.17) is 4.74 Å². The van der Waals surface area contributed by atoms with E-state index in [1.165, 1.54) is 0 Å². The molecule has 0 aromatic heterocycles. The van der Waals surface area contributed by atoms with Gasteiger partial charge in [-0.1, -0.05) is 13.0 Å². The van der Waals surface area contributed by atoms with Crippen molar-refractivity contribution in [1.29, 1.82) is 0 Å². The topological polar surface area (TPSA) is 38.3 Å². The lowest BCUT2D eigenvalue weighted by Crippen LogP contribution is -2.38. The smallest absolute Gasteiger partial charge is 0.243 e. The summed E-state index contributed by atoms with van der Waals surface area (Å²) in [6.45, 7) is 3.51. The van der Waals surface area contributed by atoms with E-state index in [1.54, 1.807) is 13.1 Å². The lowest BCUT2D eigenvalue weighted by molar-refractivity contribution is -0.116. The molecule has 1 N–H and O–H groups in total. The molecule has 11 heavy (non-hydrogen) atoms. The van der Waals surface area contributed by atoms with Gasteiger partial charge in [-0.15, -0.1) is 0 Å². The highest BCUT2D eigenvalue weighted by atomic mass is 16.5. The Morgan fingerprint density at radius 3 is 2.64 bits per heavy atom. The second-order valence-electron chi connectivity index (χ2n) is 3.09. The fourth-order valence-electron chi connectivity index (χ4n) is 0.880. The molecule has 0 aromatic rings. The van der Waals surface area contributed by atoms with Crippen LogP contribution in [-0.2, 0) is 9.53 Å². The van der Waals surface area contributed by atoms with Gasteiger partial charge in [0.15, 0.2) is 0 Å². The van der Waals surface area contributed by atoms with Crippen molar-refractivity contribution in [2.24, 2.45) is 5.41 Å². The SMILES string of the molecule is CNC(=O)C=CC1(C)COC1. The second-order valence-corrected chi connectivity index (χ2v) is 3.09. The molecule has 1 aliphatic rings. The molecule has 3 heteroatoms. The summed E-state index contributed by atoms with van der Waals surface area (Å²) in [5, 5.41) is 2.52. The van der Waals surface area contributed by atoms with Crippen molar-refractivity contribution >= 4 is 5.91 Å². The number of carbonyl (C=O) groups is 1. The molecule has 0 unspecified atom stereocenters.